The van der Waals surface area contributed by atoms with Crippen molar-refractivity contribution in [3.63, 3.8) is 0 Å². The van der Waals surface area contributed by atoms with Gasteiger partial charge in [-0.05, 0) is 48.5 Å². The Hall–Kier alpha value is -3.84. The molecule has 0 amide bonds. The number of ketones is 1. The minimum atomic E-state index is -0.220. The van der Waals surface area contributed by atoms with E-state index in [1.165, 1.54) is 6.08 Å². The Morgan fingerprint density at radius 2 is 1.94 bits per heavy atom. The third kappa shape index (κ3) is 5.36. The number of carbonyl (C=O) groups excluding carboxylic acids is 1. The van der Waals surface area contributed by atoms with Gasteiger partial charge < -0.3 is 14.5 Å². The van der Waals surface area contributed by atoms with E-state index in [0.717, 1.165) is 48.6 Å². The summed E-state index contributed by atoms with van der Waals surface area (Å²) in [6.45, 7) is 7.02. The Kier molecular flexibility index (Phi) is 6.91. The smallest absolute Gasteiger partial charge is 0.230 e. The van der Waals surface area contributed by atoms with E-state index in [9.17, 15) is 4.79 Å². The molecule has 6 nitrogen and oxygen atoms in total. The number of nitrogens with zero attached hydrogens (tertiary/aromatic N) is 4. The molecule has 1 aliphatic heterocycles. The first kappa shape index (κ1) is 23.9. The molecule has 5 rings (SSSR count). The van der Waals surface area contributed by atoms with Crippen LogP contribution in [0.5, 0.6) is 11.6 Å². The maximum absolute atomic E-state index is 15.0. The molecule has 0 bridgehead atoms. The number of fused-ring (bicyclic) bond motifs is 1. The summed E-state index contributed by atoms with van der Waals surface area (Å²) in [5, 5.41) is 0. The van der Waals surface area contributed by atoms with Crippen LogP contribution in [0.4, 0.5) is 10.1 Å². The van der Waals surface area contributed by atoms with Crippen molar-refractivity contribution in [3.05, 3.63) is 95.2 Å². The van der Waals surface area contributed by atoms with Crippen molar-refractivity contribution in [2.24, 2.45) is 0 Å². The highest BCUT2D eigenvalue weighted by atomic mass is 19.1. The van der Waals surface area contributed by atoms with Gasteiger partial charge in [0.05, 0.1) is 16.9 Å². The van der Waals surface area contributed by atoms with E-state index in [-0.39, 0.29) is 18.0 Å². The number of benzene rings is 2. The summed E-state index contributed by atoms with van der Waals surface area (Å²) >= 11 is 0. The normalized spacial score (nSPS) is 15.1. The van der Waals surface area contributed by atoms with Gasteiger partial charge in [-0.3, -0.25) is 4.79 Å². The molecule has 2 aliphatic rings. The highest BCUT2D eigenvalue weighted by Gasteiger charge is 2.20. The van der Waals surface area contributed by atoms with E-state index < -0.39 is 0 Å². The van der Waals surface area contributed by atoms with Crippen LogP contribution >= 0.6 is 0 Å². The Labute approximate surface area is 210 Å². The fourth-order valence-electron chi connectivity index (χ4n) is 4.56. The lowest BCUT2D eigenvalue weighted by Crippen LogP contribution is -2.44. The molecule has 1 aliphatic carbocycles. The van der Waals surface area contributed by atoms with Crippen LogP contribution in [-0.2, 0) is 24.1 Å². The highest BCUT2D eigenvalue weighted by Crippen LogP contribution is 2.31. The lowest BCUT2D eigenvalue weighted by molar-refractivity contribution is -0.114. The molecule has 184 valence electrons. The summed E-state index contributed by atoms with van der Waals surface area (Å²) in [4.78, 5) is 25.5. The summed E-state index contributed by atoms with van der Waals surface area (Å²) in [6, 6.07) is 12.8. The maximum atomic E-state index is 15.0. The van der Waals surface area contributed by atoms with Crippen molar-refractivity contribution in [1.29, 1.82) is 0 Å². The van der Waals surface area contributed by atoms with E-state index in [1.54, 1.807) is 6.07 Å². The number of aromatic nitrogens is 2. The molecule has 0 atom stereocenters. The summed E-state index contributed by atoms with van der Waals surface area (Å²) in [5.41, 5.74) is 4.04. The zero-order valence-electron chi connectivity index (χ0n) is 20.4. The van der Waals surface area contributed by atoms with E-state index in [0.29, 0.717) is 36.0 Å². The first-order chi connectivity index (χ1) is 17.5. The third-order valence-electron chi connectivity index (χ3n) is 6.57. The van der Waals surface area contributed by atoms with Crippen molar-refractivity contribution in [3.8, 4) is 11.6 Å². The van der Waals surface area contributed by atoms with Gasteiger partial charge in [0.15, 0.2) is 5.78 Å². The van der Waals surface area contributed by atoms with Gasteiger partial charge >= 0.3 is 0 Å². The molecule has 0 spiro atoms. The number of allylic oxidation sites excluding steroid dienone is 2. The first-order valence-corrected chi connectivity index (χ1v) is 12.2. The zero-order chi connectivity index (χ0) is 25.1. The predicted octanol–water partition coefficient (Wildman–Crippen LogP) is 4.62. The van der Waals surface area contributed by atoms with Crippen LogP contribution in [0, 0.1) is 5.82 Å². The second kappa shape index (κ2) is 10.4. The number of ether oxygens (including phenoxy) is 1. The van der Waals surface area contributed by atoms with Gasteiger partial charge in [-0.2, -0.15) is 4.98 Å². The van der Waals surface area contributed by atoms with Crippen LogP contribution in [0.3, 0.4) is 0 Å². The van der Waals surface area contributed by atoms with Gasteiger partial charge in [-0.1, -0.05) is 36.9 Å². The second-order valence-electron chi connectivity index (χ2n) is 9.26. The molecule has 1 saturated heterocycles. The van der Waals surface area contributed by atoms with E-state index in [1.807, 2.05) is 48.6 Å². The van der Waals surface area contributed by atoms with Gasteiger partial charge in [0.1, 0.15) is 17.4 Å². The maximum Gasteiger partial charge on any atom is 0.230 e. The van der Waals surface area contributed by atoms with Crippen molar-refractivity contribution < 1.29 is 13.9 Å². The monoisotopic (exact) mass is 484 g/mol. The molecular formula is C29H29FN4O2. The fraction of sp³-hybridized carbons (Fsp3) is 0.276. The summed E-state index contributed by atoms with van der Waals surface area (Å²) in [5.74, 6) is 1.37. The van der Waals surface area contributed by atoms with Gasteiger partial charge in [-0.25, -0.2) is 9.37 Å². The number of likely N-dealkylation sites (N-methyl/N-ethyl adjacent to an activating group) is 1. The molecule has 0 radical (unpaired) electrons. The molecule has 0 saturated carbocycles. The quantitative estimate of drug-likeness (QED) is 0.435. The van der Waals surface area contributed by atoms with Gasteiger partial charge in [0, 0.05) is 45.4 Å². The van der Waals surface area contributed by atoms with Crippen LogP contribution < -0.4 is 9.64 Å². The van der Waals surface area contributed by atoms with E-state index in [4.69, 9.17) is 9.72 Å². The largest absolute Gasteiger partial charge is 0.438 e. The van der Waals surface area contributed by atoms with Crippen molar-refractivity contribution >= 4 is 17.5 Å². The predicted molar refractivity (Wildman–Crippen MR) is 139 cm³/mol. The van der Waals surface area contributed by atoms with Gasteiger partial charge in [0.2, 0.25) is 5.88 Å². The minimum absolute atomic E-state index is 0.0498. The van der Waals surface area contributed by atoms with Gasteiger partial charge in [-0.15, -0.1) is 0 Å². The molecule has 0 N–H and O–H groups in total. The number of piperazine rings is 1. The number of rotatable bonds is 8. The van der Waals surface area contributed by atoms with Crippen LogP contribution in [-0.4, -0.2) is 53.9 Å². The number of carbonyl (C=O) groups is 1. The van der Waals surface area contributed by atoms with Crippen LogP contribution in [0.15, 0.2) is 61.2 Å². The fourth-order valence-corrected chi connectivity index (χ4v) is 4.56. The molecule has 1 fully saturated rings. The highest BCUT2D eigenvalue weighted by molar-refractivity contribution is 5.90. The average Bonchev–Trinajstić information content (AvgIpc) is 3.34. The molecule has 7 heteroatoms. The number of hydrogen-bond acceptors (Lipinski definition) is 6. The van der Waals surface area contributed by atoms with Crippen LogP contribution in [0.2, 0.25) is 0 Å². The minimum Gasteiger partial charge on any atom is -0.438 e. The van der Waals surface area contributed by atoms with Crippen LogP contribution in [0.1, 0.15) is 28.2 Å². The van der Waals surface area contributed by atoms with Crippen molar-refractivity contribution in [1.82, 2.24) is 14.9 Å². The molecule has 0 unspecified atom stereocenters. The molecule has 2 heterocycles. The molecule has 1 aromatic heterocycles. The molecule has 2 aromatic carbocycles. The van der Waals surface area contributed by atoms with Gasteiger partial charge in [0.25, 0.3) is 0 Å². The van der Waals surface area contributed by atoms with Crippen molar-refractivity contribution in [2.75, 3.05) is 38.1 Å². The summed E-state index contributed by atoms with van der Waals surface area (Å²) < 4.78 is 21.2. The zero-order valence-corrected chi connectivity index (χ0v) is 20.4. The lowest BCUT2D eigenvalue weighted by Gasteiger charge is -2.34. The second-order valence-corrected chi connectivity index (χ2v) is 9.26. The molecular weight excluding hydrogens is 455 g/mol. The van der Waals surface area contributed by atoms with E-state index >= 15 is 4.39 Å². The SMILES string of the molecule is C=CC(=O)Cc1cccc(Oc2nc(Cc3ccc(N4CCN(C)CC4)c(F)c3)nc3c2C=CC3)c1. The van der Waals surface area contributed by atoms with E-state index in [2.05, 4.69) is 28.4 Å². The Balaban J connectivity index is 1.36. The lowest BCUT2D eigenvalue weighted by atomic mass is 10.1. The number of hydrogen-bond donors (Lipinski definition) is 0. The Morgan fingerprint density at radius 3 is 2.72 bits per heavy atom. The molecule has 36 heavy (non-hydrogen) atoms. The van der Waals surface area contributed by atoms with Crippen LogP contribution in [0.25, 0.3) is 6.08 Å². The third-order valence-corrected chi connectivity index (χ3v) is 6.57. The summed E-state index contributed by atoms with van der Waals surface area (Å²) in [6.07, 6.45) is 6.68. The standard InChI is InChI=1S/C29H29FN4O2/c1-3-22(35)16-20-6-4-7-23(17-20)36-29-24-8-5-9-26(24)31-28(32-29)19-21-10-11-27(25(30)18-21)34-14-12-33(2)13-15-34/h3-8,10-11,17-18H,1,9,12-16,19H2,2H3. The first-order valence-electron chi connectivity index (χ1n) is 12.2. The topological polar surface area (TPSA) is 58.6 Å². The Bertz CT molecular complexity index is 1330. The summed E-state index contributed by atoms with van der Waals surface area (Å²) in [7, 11) is 2.08. The average molecular weight is 485 g/mol. The van der Waals surface area contributed by atoms with Crippen molar-refractivity contribution in [2.45, 2.75) is 19.3 Å². The Morgan fingerprint density at radius 1 is 1.11 bits per heavy atom. The molecule has 3 aromatic rings. The number of halogens is 1. The number of anilines is 1.